The van der Waals surface area contributed by atoms with Crippen LogP contribution in [0, 0.1) is 6.92 Å². The number of amidine groups is 1. The molecule has 23 heavy (non-hydrogen) atoms. The molecule has 0 amide bonds. The van der Waals surface area contributed by atoms with E-state index in [9.17, 15) is 0 Å². The molecule has 1 aromatic heterocycles. The maximum atomic E-state index is 4.76. The van der Waals surface area contributed by atoms with Gasteiger partial charge < -0.3 is 9.88 Å². The Balaban J connectivity index is 0.00000156. The van der Waals surface area contributed by atoms with E-state index in [0.717, 1.165) is 36.9 Å². The summed E-state index contributed by atoms with van der Waals surface area (Å²) in [4.78, 5) is 9.00. The Hall–Kier alpha value is -1.89. The zero-order valence-electron chi connectivity index (χ0n) is 13.0. The predicted molar refractivity (Wildman–Crippen MR) is 106 cm³/mol. The zero-order chi connectivity index (χ0) is 14.9. The van der Waals surface area contributed by atoms with E-state index in [4.69, 9.17) is 4.99 Å². The molecule has 0 unspecified atom stereocenters. The number of rotatable bonds is 4. The van der Waals surface area contributed by atoms with Crippen LogP contribution in [0.1, 0.15) is 17.8 Å². The average Bonchev–Trinajstić information content (AvgIpc) is 3.10. The molecule has 1 N–H and O–H groups in total. The van der Waals surface area contributed by atoms with Gasteiger partial charge in [0.25, 0.3) is 0 Å². The smallest absolute Gasteiger partial charge is 0.133 e. The monoisotopic (exact) mass is 418 g/mol. The highest BCUT2D eigenvalue weighted by atomic mass is 127. The van der Waals surface area contributed by atoms with E-state index >= 15 is 0 Å². The van der Waals surface area contributed by atoms with Crippen LogP contribution in [0.5, 0.6) is 0 Å². The maximum Gasteiger partial charge on any atom is 0.133 e. The second kappa shape index (κ2) is 6.70. The molecule has 0 fully saturated rings. The van der Waals surface area contributed by atoms with Gasteiger partial charge in [0, 0.05) is 42.1 Å². The molecule has 0 spiro atoms. The first-order valence-corrected chi connectivity index (χ1v) is 7.64. The quantitative estimate of drug-likeness (QED) is 0.509. The minimum Gasteiger partial charge on any atom is -0.339 e. The van der Waals surface area contributed by atoms with Crippen LogP contribution in [-0.4, -0.2) is 21.9 Å². The van der Waals surface area contributed by atoms with Gasteiger partial charge in [-0.2, -0.15) is 0 Å². The first-order valence-electron chi connectivity index (χ1n) is 7.64. The van der Waals surface area contributed by atoms with E-state index in [-0.39, 0.29) is 24.0 Å². The standard InChI is InChI=1S/C18H18N4.HI/c1-13-19-10-12-22(13)11-4-9-20-18-15-7-2-5-14-6-3-8-16(21-18)17(14)15;/h2-3,5-8,10,12H,4,9,11H2,1H3,(H,20,21);1H. The van der Waals surface area contributed by atoms with Crippen molar-refractivity contribution in [3.05, 3.63) is 60.2 Å². The lowest BCUT2D eigenvalue weighted by Gasteiger charge is -2.04. The van der Waals surface area contributed by atoms with Crippen molar-refractivity contribution in [3.63, 3.8) is 0 Å². The van der Waals surface area contributed by atoms with Gasteiger partial charge in [0.1, 0.15) is 11.7 Å². The Bertz CT molecular complexity index is 861. The molecule has 1 aliphatic heterocycles. The lowest BCUT2D eigenvalue weighted by molar-refractivity contribution is 0.634. The van der Waals surface area contributed by atoms with Crippen molar-refractivity contribution in [2.75, 3.05) is 11.9 Å². The third kappa shape index (κ3) is 2.97. The van der Waals surface area contributed by atoms with Crippen molar-refractivity contribution in [3.8, 4) is 0 Å². The van der Waals surface area contributed by atoms with Crippen LogP contribution in [0.25, 0.3) is 10.8 Å². The summed E-state index contributed by atoms with van der Waals surface area (Å²) in [6.45, 7) is 3.80. The molecule has 0 saturated carbocycles. The number of aliphatic imine (C=N–C) groups is 1. The number of aromatic nitrogens is 2. The third-order valence-corrected chi connectivity index (χ3v) is 4.16. The van der Waals surface area contributed by atoms with Gasteiger partial charge in [0.15, 0.2) is 0 Å². The number of aryl methyl sites for hydroxylation is 2. The number of anilines is 1. The molecular weight excluding hydrogens is 399 g/mol. The van der Waals surface area contributed by atoms with Crippen LogP contribution in [0.4, 0.5) is 5.69 Å². The summed E-state index contributed by atoms with van der Waals surface area (Å²) in [7, 11) is 0. The van der Waals surface area contributed by atoms with E-state index in [2.05, 4.69) is 51.3 Å². The van der Waals surface area contributed by atoms with Crippen LogP contribution >= 0.6 is 24.0 Å². The second-order valence-electron chi connectivity index (χ2n) is 5.59. The lowest BCUT2D eigenvalue weighted by atomic mass is 10.1. The first kappa shape index (κ1) is 16.0. The minimum absolute atomic E-state index is 0. The van der Waals surface area contributed by atoms with E-state index in [0.29, 0.717) is 0 Å². The van der Waals surface area contributed by atoms with Crippen LogP contribution in [0.3, 0.4) is 0 Å². The third-order valence-electron chi connectivity index (χ3n) is 4.16. The molecule has 0 radical (unpaired) electrons. The fourth-order valence-corrected chi connectivity index (χ4v) is 3.03. The van der Waals surface area contributed by atoms with Gasteiger partial charge >= 0.3 is 0 Å². The number of nitrogens with zero attached hydrogens (tertiary/aromatic N) is 3. The van der Waals surface area contributed by atoms with Crippen molar-refractivity contribution >= 4 is 46.3 Å². The molecule has 118 valence electrons. The van der Waals surface area contributed by atoms with E-state index in [1.807, 2.05) is 19.3 Å². The van der Waals surface area contributed by atoms with Gasteiger partial charge in [-0.15, -0.1) is 24.0 Å². The Kier molecular flexibility index (Phi) is 4.66. The van der Waals surface area contributed by atoms with E-state index in [1.165, 1.54) is 16.3 Å². The number of halogens is 1. The molecule has 4 nitrogen and oxygen atoms in total. The van der Waals surface area contributed by atoms with Gasteiger partial charge in [-0.25, -0.2) is 4.98 Å². The normalized spacial score (nSPS) is 14.0. The number of benzene rings is 2. The molecule has 0 aliphatic carbocycles. The number of hydrogen-bond donors (Lipinski definition) is 1. The molecule has 2 aromatic carbocycles. The van der Waals surface area contributed by atoms with Crippen molar-refractivity contribution in [1.82, 2.24) is 9.55 Å². The molecule has 0 bridgehead atoms. The number of nitrogens with one attached hydrogen (secondary N) is 1. The van der Waals surface area contributed by atoms with Gasteiger partial charge in [-0.1, -0.05) is 30.3 Å². The highest BCUT2D eigenvalue weighted by molar-refractivity contribution is 14.0. The van der Waals surface area contributed by atoms with Gasteiger partial charge in [0.2, 0.25) is 0 Å². The highest BCUT2D eigenvalue weighted by Crippen LogP contribution is 2.32. The molecule has 2 heterocycles. The Labute approximate surface area is 152 Å². The summed E-state index contributed by atoms with van der Waals surface area (Å²) in [5.74, 6) is 2.05. The average molecular weight is 418 g/mol. The number of imidazole rings is 1. The lowest BCUT2D eigenvalue weighted by Crippen LogP contribution is -2.09. The van der Waals surface area contributed by atoms with Crippen molar-refractivity contribution < 1.29 is 0 Å². The second-order valence-corrected chi connectivity index (χ2v) is 5.59. The van der Waals surface area contributed by atoms with Gasteiger partial charge in [-0.05, 0) is 24.8 Å². The summed E-state index contributed by atoms with van der Waals surface area (Å²) >= 11 is 0. The highest BCUT2D eigenvalue weighted by Gasteiger charge is 2.18. The minimum atomic E-state index is 0. The van der Waals surface area contributed by atoms with Crippen LogP contribution in [0.15, 0.2) is 53.8 Å². The van der Waals surface area contributed by atoms with Crippen LogP contribution in [-0.2, 0) is 6.54 Å². The van der Waals surface area contributed by atoms with Crippen molar-refractivity contribution in [1.29, 1.82) is 0 Å². The maximum absolute atomic E-state index is 4.76. The predicted octanol–water partition coefficient (Wildman–Crippen LogP) is 4.23. The topological polar surface area (TPSA) is 42.2 Å². The van der Waals surface area contributed by atoms with Crippen LogP contribution in [0.2, 0.25) is 0 Å². The molecule has 4 rings (SSSR count). The Morgan fingerprint density at radius 3 is 2.78 bits per heavy atom. The molecular formula is C18H19IN4. The van der Waals surface area contributed by atoms with Crippen molar-refractivity contribution in [2.24, 2.45) is 4.99 Å². The van der Waals surface area contributed by atoms with Gasteiger partial charge in [0.05, 0.1) is 0 Å². The largest absolute Gasteiger partial charge is 0.339 e. The van der Waals surface area contributed by atoms with Crippen molar-refractivity contribution in [2.45, 2.75) is 19.9 Å². The Morgan fingerprint density at radius 2 is 2.00 bits per heavy atom. The SMILES string of the molecule is Cc1nccn1CCCN=C1Nc2cccc3cccc1c23.I. The summed E-state index contributed by atoms with van der Waals surface area (Å²) in [5, 5.41) is 6.00. The summed E-state index contributed by atoms with van der Waals surface area (Å²) in [6, 6.07) is 12.7. The number of hydrogen-bond acceptors (Lipinski definition) is 2. The van der Waals surface area contributed by atoms with Gasteiger partial charge in [-0.3, -0.25) is 4.99 Å². The fourth-order valence-electron chi connectivity index (χ4n) is 3.03. The summed E-state index contributed by atoms with van der Waals surface area (Å²) in [6.07, 6.45) is 4.87. The zero-order valence-corrected chi connectivity index (χ0v) is 15.3. The molecule has 1 aliphatic rings. The molecule has 0 atom stereocenters. The first-order chi connectivity index (χ1) is 10.8. The Morgan fingerprint density at radius 1 is 1.17 bits per heavy atom. The fraction of sp³-hybridized carbons (Fsp3) is 0.222. The molecule has 3 aromatic rings. The summed E-state index contributed by atoms with van der Waals surface area (Å²) < 4.78 is 2.16. The van der Waals surface area contributed by atoms with Crippen LogP contribution < -0.4 is 5.32 Å². The van der Waals surface area contributed by atoms with E-state index in [1.54, 1.807) is 0 Å². The molecule has 5 heteroatoms. The molecule has 0 saturated heterocycles. The summed E-state index contributed by atoms with van der Waals surface area (Å²) in [5.41, 5.74) is 2.38. The van der Waals surface area contributed by atoms with E-state index < -0.39 is 0 Å².